The lowest BCUT2D eigenvalue weighted by Gasteiger charge is -2.63. The first-order chi connectivity index (χ1) is 60.6. The highest BCUT2D eigenvalue weighted by Gasteiger charge is 2.72. The normalized spacial score (nSPS) is 26.2. The van der Waals surface area contributed by atoms with Gasteiger partial charge in [-0.2, -0.15) is 52.7 Å². The number of esters is 2. The SMILES string of the molecule is C.CC(F)(F)C(=O)OC12CC3CC(C1)C1(OCC(F)(F)C(F)(F)CO1)C(C3)C2.CC(F)(F)C(=O)OC12CC3CC(C1)C1(OCC(F)(F)C(F)(F)CO1)C(C3)C2.CCN(CC)CC.[Cl-].c1ccc2c(c1)c1ccccc1[s+]2-c1ccc(Oc2ccc(OC3CCCCO3)cc2)cc1.c1ccc2c(c1)c1ccccc1[s+]2-c1ccc(Oc2ccc(OC3CCCCO3)cc2)cc1. The van der Waals surface area contributed by atoms with Crippen molar-refractivity contribution in [3.05, 3.63) is 194 Å². The summed E-state index contributed by atoms with van der Waals surface area (Å²) in [5.74, 6) is -28.7. The largest absolute Gasteiger partial charge is 1.00 e. The first-order valence-electron chi connectivity index (χ1n) is 43.8. The first kappa shape index (κ1) is 96.6. The van der Waals surface area contributed by atoms with Gasteiger partial charge >= 0.3 is 47.5 Å². The molecule has 15 nitrogen and oxygen atoms in total. The molecule has 0 N–H and O–H groups in total. The molecule has 6 heterocycles. The minimum absolute atomic E-state index is 0. The summed E-state index contributed by atoms with van der Waals surface area (Å²) in [6.07, 6.45) is 9.09. The highest BCUT2D eigenvalue weighted by atomic mass is 35.5. The highest BCUT2D eigenvalue weighted by Crippen LogP contribution is 2.66. The Morgan fingerprint density at radius 1 is 0.388 bits per heavy atom. The molecule has 0 amide bonds. The van der Waals surface area contributed by atoms with Crippen LogP contribution in [0.4, 0.5) is 52.7 Å². The fraction of sp³-hybridized carbons (Fsp3) is 0.495. The second-order valence-corrected chi connectivity index (χ2v) is 39.1. The van der Waals surface area contributed by atoms with E-state index in [1.54, 1.807) is 0 Å². The van der Waals surface area contributed by atoms with Crippen molar-refractivity contribution in [1.82, 2.24) is 4.90 Å². The topological polar surface area (TPSA) is 148 Å². The van der Waals surface area contributed by atoms with Gasteiger partial charge in [0.05, 0.1) is 13.2 Å². The number of halogens is 13. The molecule has 22 rings (SSSR count). The van der Waals surface area contributed by atoms with Gasteiger partial charge in [-0.15, -0.1) is 0 Å². The van der Waals surface area contributed by atoms with Crippen molar-refractivity contribution in [3.8, 4) is 44.3 Å². The number of nitrogens with zero attached hydrogens (tertiary/aromatic N) is 1. The average molecular weight is 1860 g/mol. The number of rotatable bonds is 17. The summed E-state index contributed by atoms with van der Waals surface area (Å²) < 4.78 is 235. The molecule has 10 aromatic rings. The fourth-order valence-electron chi connectivity index (χ4n) is 20.3. The van der Waals surface area contributed by atoms with E-state index in [4.69, 9.17) is 56.8 Å². The van der Waals surface area contributed by atoms with E-state index in [9.17, 15) is 62.3 Å². The van der Waals surface area contributed by atoms with Crippen molar-refractivity contribution in [2.45, 2.75) is 216 Å². The van der Waals surface area contributed by atoms with Gasteiger partial charge in [0.2, 0.25) is 0 Å². The van der Waals surface area contributed by atoms with Crippen molar-refractivity contribution in [2.24, 2.45) is 35.5 Å². The molecule has 12 aliphatic rings. The van der Waals surface area contributed by atoms with Gasteiger partial charge in [-0.1, -0.05) is 76.7 Å². The van der Waals surface area contributed by atoms with Crippen LogP contribution in [0.1, 0.15) is 145 Å². The van der Waals surface area contributed by atoms with E-state index in [2.05, 4.69) is 171 Å². The maximum absolute atomic E-state index is 13.7. The standard InChI is InChI=1S/2C29H25O3S.2C17H20F6O4.C6H15N.CH4.ClH/c2*1-3-9-27-25(7-1)26-8-2-4-10-28(26)33(27)24-18-16-22(17-19-24)31-21-12-14-23(15-13-21)32-29-11-5-6-20-30-29;2*1-13(18,19)12(24)27-14-4-9-2-10(5-14)17(11(3-9)6-14)25-7-15(20,21)16(22,23)8-26-17;1-4-7(5-2)6-3;;/h2*1-4,7-10,12-19,29H,5-6,11,20H2;2*9-11H,2-8H2,1H3;4-6H2,1-3H3;1H4;1H/q2*+1;;;;;/p-1. The molecule has 696 valence electrons. The van der Waals surface area contributed by atoms with Crippen LogP contribution < -0.4 is 31.4 Å². The van der Waals surface area contributed by atoms with E-state index in [1.165, 1.54) is 69.8 Å². The minimum Gasteiger partial charge on any atom is -1.00 e. The molecule has 6 unspecified atom stereocenters. The van der Waals surface area contributed by atoms with Crippen LogP contribution in [0, 0.1) is 35.5 Å². The van der Waals surface area contributed by atoms with Crippen LogP contribution in [-0.4, -0.2) is 147 Å². The Bertz CT molecular complexity index is 4950. The Balaban J connectivity index is 0.000000135. The van der Waals surface area contributed by atoms with Gasteiger partial charge in [0, 0.05) is 117 Å². The number of carbonyl (C=O) groups is 2. The zero-order valence-corrected chi connectivity index (χ0v) is 74.1. The van der Waals surface area contributed by atoms with E-state index in [0.717, 1.165) is 86.2 Å². The van der Waals surface area contributed by atoms with Gasteiger partial charge in [-0.3, -0.25) is 0 Å². The number of benzene rings is 8. The summed E-state index contributed by atoms with van der Waals surface area (Å²) in [5.41, 5.74) is -2.30. The van der Waals surface area contributed by atoms with E-state index < -0.39 is 120 Å². The van der Waals surface area contributed by atoms with Gasteiger partial charge in [-0.25, -0.2) is 9.59 Å². The van der Waals surface area contributed by atoms with Gasteiger partial charge in [0.1, 0.15) is 72.1 Å². The summed E-state index contributed by atoms with van der Waals surface area (Å²) in [6.45, 7) is 6.67. The Labute approximate surface area is 754 Å². The lowest BCUT2D eigenvalue weighted by Crippen LogP contribution is -3.00. The van der Waals surface area contributed by atoms with Crippen LogP contribution in [-0.2, 0) is 47.5 Å². The molecular formula is C99H109ClF12NO14S2+. The summed E-state index contributed by atoms with van der Waals surface area (Å²) in [6, 6.07) is 67.5. The molecule has 129 heavy (non-hydrogen) atoms. The maximum Gasteiger partial charge on any atom is 0.377 e. The second-order valence-electron chi connectivity index (χ2n) is 35.2. The van der Waals surface area contributed by atoms with Gasteiger partial charge < -0.3 is 74.1 Å². The molecule has 8 aromatic carbocycles. The van der Waals surface area contributed by atoms with Gasteiger partial charge in [0.25, 0.3) is 0 Å². The molecule has 6 atom stereocenters. The van der Waals surface area contributed by atoms with E-state index in [1.807, 2.05) is 48.5 Å². The van der Waals surface area contributed by atoms with Crippen molar-refractivity contribution >= 4 is 73.2 Å². The number of hydrogen-bond donors (Lipinski definition) is 0. The first-order valence-corrected chi connectivity index (χ1v) is 46.3. The van der Waals surface area contributed by atoms with E-state index in [-0.39, 0.29) is 90.9 Å². The second kappa shape index (κ2) is 39.0. The number of fused-ring (bicyclic) bond motifs is 6. The van der Waals surface area contributed by atoms with E-state index >= 15 is 0 Å². The predicted molar refractivity (Wildman–Crippen MR) is 467 cm³/mol. The maximum atomic E-state index is 13.7. The molecule has 4 aliphatic heterocycles. The van der Waals surface area contributed by atoms with Crippen molar-refractivity contribution in [2.75, 3.05) is 59.3 Å². The molecule has 30 heteroatoms. The molecule has 8 aliphatic carbocycles. The molecule has 8 bridgehead atoms. The number of hydrogen-bond acceptors (Lipinski definition) is 15. The Morgan fingerprint density at radius 2 is 0.651 bits per heavy atom. The predicted octanol–water partition coefficient (Wildman–Crippen LogP) is 23.4. The number of alkyl halides is 12. The third-order valence-corrected chi connectivity index (χ3v) is 30.9. The van der Waals surface area contributed by atoms with Gasteiger partial charge in [0.15, 0.2) is 52.7 Å². The van der Waals surface area contributed by atoms with Crippen molar-refractivity contribution in [3.63, 3.8) is 0 Å². The van der Waals surface area contributed by atoms with Crippen LogP contribution in [0.2, 0.25) is 0 Å². The molecular weight excluding hydrogens is 1750 g/mol. The molecule has 12 fully saturated rings. The van der Waals surface area contributed by atoms with Crippen LogP contribution in [0.15, 0.2) is 194 Å². The summed E-state index contributed by atoms with van der Waals surface area (Å²) in [4.78, 5) is 28.4. The third kappa shape index (κ3) is 20.5. The highest BCUT2D eigenvalue weighted by molar-refractivity contribution is 7.50. The average Bonchev–Trinajstić information content (AvgIpc) is 1.68. The Kier molecular flexibility index (Phi) is 29.2. The smallest absolute Gasteiger partial charge is 0.377 e. The summed E-state index contributed by atoms with van der Waals surface area (Å²) >= 11 is 0. The Hall–Kier alpha value is -8.49. The Morgan fingerprint density at radius 3 is 0.899 bits per heavy atom. The minimum atomic E-state index is -4.36. The molecule has 0 radical (unpaired) electrons. The van der Waals surface area contributed by atoms with Crippen LogP contribution in [0.25, 0.3) is 50.1 Å². The summed E-state index contributed by atoms with van der Waals surface area (Å²) in [7, 11) is -0.173. The third-order valence-electron chi connectivity index (χ3n) is 26.3. The van der Waals surface area contributed by atoms with Crippen LogP contribution in [0.3, 0.4) is 0 Å². The van der Waals surface area contributed by atoms with Crippen LogP contribution in [0.5, 0.6) is 34.5 Å². The molecule has 2 aromatic heterocycles. The van der Waals surface area contributed by atoms with Crippen LogP contribution >= 0.6 is 20.9 Å². The number of carbonyl (C=O) groups excluding carboxylic acids is 2. The lowest BCUT2D eigenvalue weighted by molar-refractivity contribution is -0.355. The number of ether oxygens (including phenoxy) is 12. The molecule has 8 saturated carbocycles. The zero-order chi connectivity index (χ0) is 89.5. The lowest BCUT2D eigenvalue weighted by atomic mass is 9.51. The number of thiophene rings is 2. The monoisotopic (exact) mass is 1860 g/mol. The molecule has 2 spiro atoms. The van der Waals surface area contributed by atoms with Crippen molar-refractivity contribution < 1.29 is 132 Å². The quantitative estimate of drug-likeness (QED) is 0.0483. The fourth-order valence-corrected chi connectivity index (χ4v) is 25.1. The zero-order valence-electron chi connectivity index (χ0n) is 71.7. The van der Waals surface area contributed by atoms with Crippen molar-refractivity contribution in [1.29, 1.82) is 0 Å². The van der Waals surface area contributed by atoms with E-state index in [0.29, 0.717) is 52.4 Å². The molecule has 4 saturated heterocycles. The van der Waals surface area contributed by atoms with Gasteiger partial charge in [-0.05, 0) is 243 Å². The summed E-state index contributed by atoms with van der Waals surface area (Å²) in [5, 5.41) is 5.38.